The maximum Gasteiger partial charge on any atom is 0.491 e. The molecule has 32 heavy (non-hydrogen) atoms. The van der Waals surface area contributed by atoms with Gasteiger partial charge in [-0.3, -0.25) is 0 Å². The lowest BCUT2D eigenvalue weighted by atomic mass is 9.85. The first-order chi connectivity index (χ1) is 15.3. The SMILES string of the molecule is O=C(Oc1ncn2c1-c1cccc(F)c1C2C1CCN(c2ncccn2)CC1)C(F)(F)F. The molecule has 2 aliphatic heterocycles. The van der Waals surface area contributed by atoms with E-state index in [-0.39, 0.29) is 11.6 Å². The number of halogens is 4. The zero-order valence-electron chi connectivity index (χ0n) is 16.6. The second-order valence-corrected chi connectivity index (χ2v) is 7.71. The first kappa shape index (κ1) is 20.4. The molecule has 0 radical (unpaired) electrons. The fourth-order valence-electron chi connectivity index (χ4n) is 4.55. The molecule has 1 unspecified atom stereocenters. The average molecular weight is 447 g/mol. The van der Waals surface area contributed by atoms with Crippen LogP contribution in [0.3, 0.4) is 0 Å². The molecule has 0 amide bonds. The summed E-state index contributed by atoms with van der Waals surface area (Å²) in [7, 11) is 0. The summed E-state index contributed by atoms with van der Waals surface area (Å²) in [6, 6.07) is 5.66. The normalized spacial score (nSPS) is 18.4. The number of hydrogen-bond acceptors (Lipinski definition) is 6. The van der Waals surface area contributed by atoms with Crippen LogP contribution in [0.15, 0.2) is 43.0 Å². The van der Waals surface area contributed by atoms with Gasteiger partial charge in [-0.25, -0.2) is 24.1 Å². The Balaban J connectivity index is 1.46. The predicted molar refractivity (Wildman–Crippen MR) is 104 cm³/mol. The van der Waals surface area contributed by atoms with Crippen LogP contribution in [-0.2, 0) is 4.79 Å². The van der Waals surface area contributed by atoms with E-state index in [0.717, 1.165) is 0 Å². The Morgan fingerprint density at radius 1 is 1.06 bits per heavy atom. The second kappa shape index (κ2) is 7.57. The van der Waals surface area contributed by atoms with Crippen molar-refractivity contribution in [3.8, 4) is 17.1 Å². The maximum absolute atomic E-state index is 14.9. The van der Waals surface area contributed by atoms with E-state index in [0.29, 0.717) is 43.0 Å². The van der Waals surface area contributed by atoms with Crippen LogP contribution in [0.25, 0.3) is 11.3 Å². The molecule has 0 bridgehead atoms. The van der Waals surface area contributed by atoms with Gasteiger partial charge in [-0.2, -0.15) is 13.2 Å². The van der Waals surface area contributed by atoms with Crippen molar-refractivity contribution in [2.45, 2.75) is 25.1 Å². The Labute approximate surface area is 179 Å². The number of anilines is 1. The Bertz CT molecular complexity index is 1160. The van der Waals surface area contributed by atoms with E-state index in [4.69, 9.17) is 0 Å². The fourth-order valence-corrected chi connectivity index (χ4v) is 4.55. The average Bonchev–Trinajstić information content (AvgIpc) is 3.33. The zero-order chi connectivity index (χ0) is 22.5. The van der Waals surface area contributed by atoms with E-state index in [2.05, 4.69) is 19.7 Å². The minimum atomic E-state index is -5.16. The number of esters is 1. The van der Waals surface area contributed by atoms with Crippen LogP contribution >= 0.6 is 0 Å². The van der Waals surface area contributed by atoms with Gasteiger partial charge < -0.3 is 14.2 Å². The quantitative estimate of drug-likeness (QED) is 0.450. The van der Waals surface area contributed by atoms with Crippen LogP contribution in [0.1, 0.15) is 24.4 Å². The van der Waals surface area contributed by atoms with Crippen molar-refractivity contribution < 1.29 is 27.1 Å². The molecule has 166 valence electrons. The number of alkyl halides is 3. The molecule has 11 heteroatoms. The molecule has 0 spiro atoms. The summed E-state index contributed by atoms with van der Waals surface area (Å²) in [5, 5.41) is 0. The third-order valence-electron chi connectivity index (χ3n) is 5.91. The van der Waals surface area contributed by atoms with Crippen molar-refractivity contribution in [2.75, 3.05) is 18.0 Å². The Hall–Kier alpha value is -3.50. The third kappa shape index (κ3) is 3.37. The number of fused-ring (bicyclic) bond motifs is 3. The van der Waals surface area contributed by atoms with E-state index >= 15 is 0 Å². The summed E-state index contributed by atoms with van der Waals surface area (Å²) < 4.78 is 59.2. The number of imidazole rings is 1. The van der Waals surface area contributed by atoms with E-state index in [1.807, 2.05) is 4.90 Å². The predicted octanol–water partition coefficient (Wildman–Crippen LogP) is 3.77. The van der Waals surface area contributed by atoms with Crippen molar-refractivity contribution in [2.24, 2.45) is 5.92 Å². The van der Waals surface area contributed by atoms with Gasteiger partial charge in [0, 0.05) is 36.6 Å². The highest BCUT2D eigenvalue weighted by Gasteiger charge is 2.44. The number of benzene rings is 1. The number of ether oxygens (including phenoxy) is 1. The first-order valence-electron chi connectivity index (χ1n) is 10.0. The molecule has 1 atom stereocenters. The third-order valence-corrected chi connectivity index (χ3v) is 5.91. The number of nitrogens with zero attached hydrogens (tertiary/aromatic N) is 5. The van der Waals surface area contributed by atoms with Crippen LogP contribution in [0.2, 0.25) is 0 Å². The van der Waals surface area contributed by atoms with E-state index in [1.165, 1.54) is 18.5 Å². The molecule has 0 aliphatic carbocycles. The molecule has 2 aromatic heterocycles. The van der Waals surface area contributed by atoms with E-state index < -0.39 is 29.9 Å². The molecular formula is C21H17F4N5O2. The fraction of sp³-hybridized carbons (Fsp3) is 0.333. The lowest BCUT2D eigenvalue weighted by molar-refractivity contribution is -0.189. The summed E-state index contributed by atoms with van der Waals surface area (Å²) in [6.07, 6.45) is 0.853. The number of aromatic nitrogens is 4. The number of carbonyl (C=O) groups is 1. The number of hydrogen-bond donors (Lipinski definition) is 0. The number of rotatable bonds is 3. The molecule has 5 rings (SSSR count). The van der Waals surface area contributed by atoms with Crippen LogP contribution < -0.4 is 9.64 Å². The standard InChI is InChI=1S/C21H17F4N5O2/c22-14-4-1-3-13-15(14)16(12-5-9-29(10-6-12)20-26-7-2-8-27-20)30-11-28-18(17(13)30)32-19(31)21(23,24)25/h1-4,7-8,11-12,16H,5-6,9-10H2. The van der Waals surface area contributed by atoms with Gasteiger partial charge in [-0.1, -0.05) is 12.1 Å². The number of carbonyl (C=O) groups excluding carboxylic acids is 1. The van der Waals surface area contributed by atoms with Gasteiger partial charge in [-0.15, -0.1) is 0 Å². The van der Waals surface area contributed by atoms with E-state index in [9.17, 15) is 22.4 Å². The van der Waals surface area contributed by atoms with Gasteiger partial charge in [0.2, 0.25) is 11.8 Å². The van der Waals surface area contributed by atoms with Crippen molar-refractivity contribution >= 4 is 11.9 Å². The summed E-state index contributed by atoms with van der Waals surface area (Å²) >= 11 is 0. The molecule has 2 aliphatic rings. The minimum Gasteiger partial charge on any atom is -0.398 e. The van der Waals surface area contributed by atoms with Gasteiger partial charge in [0.25, 0.3) is 0 Å². The molecule has 0 saturated carbocycles. The number of piperidine rings is 1. The molecule has 0 N–H and O–H groups in total. The van der Waals surface area contributed by atoms with Gasteiger partial charge in [-0.05, 0) is 30.9 Å². The van der Waals surface area contributed by atoms with Crippen LogP contribution in [0, 0.1) is 11.7 Å². The van der Waals surface area contributed by atoms with Crippen molar-refractivity contribution in [3.05, 3.63) is 54.4 Å². The Morgan fingerprint density at radius 2 is 1.78 bits per heavy atom. The summed E-state index contributed by atoms with van der Waals surface area (Å²) in [4.78, 5) is 25.8. The van der Waals surface area contributed by atoms with Gasteiger partial charge in [0.1, 0.15) is 11.5 Å². The van der Waals surface area contributed by atoms with Crippen molar-refractivity contribution in [3.63, 3.8) is 0 Å². The summed E-state index contributed by atoms with van der Waals surface area (Å²) in [6.45, 7) is 1.30. The monoisotopic (exact) mass is 447 g/mol. The molecule has 7 nitrogen and oxygen atoms in total. The van der Waals surface area contributed by atoms with Crippen LogP contribution in [0.5, 0.6) is 5.88 Å². The van der Waals surface area contributed by atoms with E-state index in [1.54, 1.807) is 29.1 Å². The second-order valence-electron chi connectivity index (χ2n) is 7.71. The molecule has 1 aromatic carbocycles. The zero-order valence-corrected chi connectivity index (χ0v) is 16.6. The van der Waals surface area contributed by atoms with Gasteiger partial charge in [0.15, 0.2) is 0 Å². The maximum atomic E-state index is 14.9. The van der Waals surface area contributed by atoms with Crippen LogP contribution in [-0.4, -0.2) is 44.8 Å². The Kier molecular flexibility index (Phi) is 4.83. The van der Waals surface area contributed by atoms with Crippen LogP contribution in [0.4, 0.5) is 23.5 Å². The van der Waals surface area contributed by atoms with Gasteiger partial charge in [0.05, 0.1) is 12.4 Å². The minimum absolute atomic E-state index is 0.00719. The topological polar surface area (TPSA) is 73.1 Å². The van der Waals surface area contributed by atoms with Crippen molar-refractivity contribution in [1.82, 2.24) is 19.5 Å². The lowest BCUT2D eigenvalue weighted by Crippen LogP contribution is -2.37. The highest BCUT2D eigenvalue weighted by molar-refractivity contribution is 5.81. The van der Waals surface area contributed by atoms with Gasteiger partial charge >= 0.3 is 12.1 Å². The summed E-state index contributed by atoms with van der Waals surface area (Å²) in [5.74, 6) is -2.69. The molecule has 1 fully saturated rings. The Morgan fingerprint density at radius 3 is 2.47 bits per heavy atom. The highest BCUT2D eigenvalue weighted by atomic mass is 19.4. The first-order valence-corrected chi connectivity index (χ1v) is 10.0. The molecule has 4 heterocycles. The van der Waals surface area contributed by atoms with Crippen molar-refractivity contribution in [1.29, 1.82) is 0 Å². The summed E-state index contributed by atoms with van der Waals surface area (Å²) in [5.41, 5.74) is 0.936. The molecule has 3 aromatic rings. The smallest absolute Gasteiger partial charge is 0.398 e. The lowest BCUT2D eigenvalue weighted by Gasteiger charge is -2.35. The molecule has 1 saturated heterocycles. The molecular weight excluding hydrogens is 430 g/mol. The largest absolute Gasteiger partial charge is 0.491 e. The highest BCUT2D eigenvalue weighted by Crippen LogP contribution is 2.50.